The second-order valence-electron chi connectivity index (χ2n) is 2.39. The molecule has 0 aliphatic rings. The van der Waals surface area contributed by atoms with E-state index in [0.717, 1.165) is 5.56 Å². The molecule has 0 saturated heterocycles. The van der Waals surface area contributed by atoms with Crippen LogP contribution in [0, 0.1) is 0 Å². The van der Waals surface area contributed by atoms with Gasteiger partial charge in [-0.2, -0.15) is 0 Å². The Bertz CT molecular complexity index is 219. The molecule has 2 nitrogen and oxygen atoms in total. The second-order valence-corrected chi connectivity index (χ2v) is 2.39. The van der Waals surface area contributed by atoms with Gasteiger partial charge in [-0.15, -0.1) is 0 Å². The first-order valence-corrected chi connectivity index (χ1v) is 5.50. The van der Waals surface area contributed by atoms with Gasteiger partial charge in [0, 0.05) is 6.42 Å². The van der Waals surface area contributed by atoms with E-state index in [-0.39, 0.29) is 0 Å². The monoisotopic (exact) mass is 210 g/mol. The number of aliphatic hydroxyl groups is 1. The van der Waals surface area contributed by atoms with Gasteiger partial charge in [0.05, 0.1) is 0 Å². The lowest BCUT2D eigenvalue weighted by atomic mass is 10.1. The summed E-state index contributed by atoms with van der Waals surface area (Å²) in [6.45, 7) is 8.00. The maximum Gasteiger partial charge on any atom is 0.148 e. The van der Waals surface area contributed by atoms with Crippen LogP contribution in [0.25, 0.3) is 0 Å². The van der Waals surface area contributed by atoms with Crippen molar-refractivity contribution < 1.29 is 9.90 Å². The van der Waals surface area contributed by atoms with E-state index in [9.17, 15) is 4.79 Å². The Kier molecular flexibility index (Phi) is 14.0. The highest BCUT2D eigenvalue weighted by atomic mass is 16.3. The highest BCUT2D eigenvalue weighted by molar-refractivity contribution is 5.56. The predicted octanol–water partition coefficient (Wildman–Crippen LogP) is 2.84. The van der Waals surface area contributed by atoms with Crippen molar-refractivity contribution in [3.05, 3.63) is 35.9 Å². The Morgan fingerprint density at radius 1 is 1.13 bits per heavy atom. The molecule has 1 unspecified atom stereocenters. The molecule has 1 aromatic rings. The summed E-state index contributed by atoms with van der Waals surface area (Å²) in [7, 11) is 0. The molecule has 0 saturated carbocycles. The molecule has 2 heteroatoms. The Morgan fingerprint density at radius 3 is 2.00 bits per heavy atom. The minimum Gasteiger partial charge on any atom is -0.385 e. The summed E-state index contributed by atoms with van der Waals surface area (Å²) in [6.07, 6.45) is 0.0922. The molecule has 15 heavy (non-hydrogen) atoms. The first kappa shape index (κ1) is 16.3. The van der Waals surface area contributed by atoms with Gasteiger partial charge in [-0.1, -0.05) is 58.0 Å². The maximum atomic E-state index is 10.1. The van der Waals surface area contributed by atoms with Gasteiger partial charge in [0.2, 0.25) is 0 Å². The summed E-state index contributed by atoms with van der Waals surface area (Å²) < 4.78 is 0. The third kappa shape index (κ3) is 9.16. The molecule has 0 spiro atoms. The van der Waals surface area contributed by atoms with E-state index < -0.39 is 6.10 Å². The smallest absolute Gasteiger partial charge is 0.148 e. The average molecular weight is 210 g/mol. The number of benzene rings is 1. The first-order valence-electron chi connectivity index (χ1n) is 5.50. The maximum absolute atomic E-state index is 10.1. The molecule has 0 heterocycles. The zero-order valence-corrected chi connectivity index (χ0v) is 10.1. The Labute approximate surface area is 93.0 Å². The predicted molar refractivity (Wildman–Crippen MR) is 64.9 cm³/mol. The van der Waals surface area contributed by atoms with Gasteiger partial charge in [-0.3, -0.25) is 0 Å². The van der Waals surface area contributed by atoms with E-state index in [2.05, 4.69) is 0 Å². The largest absolute Gasteiger partial charge is 0.385 e. The molecule has 0 amide bonds. The van der Waals surface area contributed by atoms with E-state index >= 15 is 0 Å². The molecule has 0 radical (unpaired) electrons. The lowest BCUT2D eigenvalue weighted by molar-refractivity contribution is -0.114. The third-order valence-corrected chi connectivity index (χ3v) is 1.44. The van der Waals surface area contributed by atoms with Crippen molar-refractivity contribution in [2.24, 2.45) is 0 Å². The number of aldehydes is 1. The topological polar surface area (TPSA) is 37.3 Å². The second kappa shape index (κ2) is 12.8. The fourth-order valence-electron chi connectivity index (χ4n) is 0.904. The van der Waals surface area contributed by atoms with E-state index in [0.29, 0.717) is 12.7 Å². The van der Waals surface area contributed by atoms with Crippen molar-refractivity contribution in [1.29, 1.82) is 0 Å². The van der Waals surface area contributed by atoms with Gasteiger partial charge in [0.15, 0.2) is 0 Å². The van der Waals surface area contributed by atoms with Crippen molar-refractivity contribution in [2.75, 3.05) is 0 Å². The van der Waals surface area contributed by atoms with E-state index in [1.807, 2.05) is 58.0 Å². The van der Waals surface area contributed by atoms with Gasteiger partial charge >= 0.3 is 0 Å². The van der Waals surface area contributed by atoms with E-state index in [1.165, 1.54) is 0 Å². The van der Waals surface area contributed by atoms with Crippen LogP contribution in [0.3, 0.4) is 0 Å². The van der Waals surface area contributed by atoms with Crippen LogP contribution >= 0.6 is 0 Å². The molecule has 1 atom stereocenters. The summed E-state index contributed by atoms with van der Waals surface area (Å²) in [4.78, 5) is 10.1. The summed E-state index contributed by atoms with van der Waals surface area (Å²) in [5.41, 5.74) is 0.979. The molecule has 0 aliphatic heterocycles. The van der Waals surface area contributed by atoms with Crippen molar-refractivity contribution in [3.8, 4) is 0 Å². The van der Waals surface area contributed by atoms with Crippen LogP contribution in [0.2, 0.25) is 0 Å². The SMILES string of the molecule is CC.CC.O=CC(O)Cc1ccccc1. The molecule has 0 aromatic heterocycles. The van der Waals surface area contributed by atoms with Crippen molar-refractivity contribution in [3.63, 3.8) is 0 Å². The van der Waals surface area contributed by atoms with Crippen LogP contribution in [0.5, 0.6) is 0 Å². The normalized spacial score (nSPS) is 9.93. The van der Waals surface area contributed by atoms with Crippen LogP contribution in [-0.2, 0) is 11.2 Å². The number of hydrogen-bond donors (Lipinski definition) is 1. The highest BCUT2D eigenvalue weighted by Gasteiger charge is 2.01. The molecule has 1 N–H and O–H groups in total. The number of carbonyl (C=O) groups excluding carboxylic acids is 1. The van der Waals surface area contributed by atoms with E-state index in [4.69, 9.17) is 5.11 Å². The third-order valence-electron chi connectivity index (χ3n) is 1.44. The Hall–Kier alpha value is -1.15. The van der Waals surface area contributed by atoms with Crippen molar-refractivity contribution >= 4 is 6.29 Å². The van der Waals surface area contributed by atoms with Crippen molar-refractivity contribution in [1.82, 2.24) is 0 Å². The van der Waals surface area contributed by atoms with Gasteiger partial charge in [0.25, 0.3) is 0 Å². The summed E-state index contributed by atoms with van der Waals surface area (Å²) in [5.74, 6) is 0. The van der Waals surface area contributed by atoms with E-state index in [1.54, 1.807) is 0 Å². The fourth-order valence-corrected chi connectivity index (χ4v) is 0.904. The molecule has 0 fully saturated rings. The van der Waals surface area contributed by atoms with Crippen LogP contribution in [-0.4, -0.2) is 17.5 Å². The Morgan fingerprint density at radius 2 is 1.60 bits per heavy atom. The molecule has 0 aliphatic carbocycles. The zero-order chi connectivity index (χ0) is 12.1. The van der Waals surface area contributed by atoms with Crippen LogP contribution < -0.4 is 0 Å². The van der Waals surface area contributed by atoms with Gasteiger partial charge in [0.1, 0.15) is 12.4 Å². The summed E-state index contributed by atoms with van der Waals surface area (Å²) in [5, 5.41) is 8.94. The van der Waals surface area contributed by atoms with Crippen LogP contribution in [0.15, 0.2) is 30.3 Å². The average Bonchev–Trinajstić information content (AvgIpc) is 2.35. The zero-order valence-electron chi connectivity index (χ0n) is 10.1. The van der Waals surface area contributed by atoms with Gasteiger partial charge in [-0.05, 0) is 5.56 Å². The van der Waals surface area contributed by atoms with Crippen LogP contribution in [0.4, 0.5) is 0 Å². The minimum atomic E-state index is -0.864. The number of rotatable bonds is 3. The highest BCUT2D eigenvalue weighted by Crippen LogP contribution is 2.00. The number of carbonyl (C=O) groups is 1. The molecular formula is C13H22O2. The molecule has 1 aromatic carbocycles. The minimum absolute atomic E-state index is 0.407. The first-order chi connectivity index (χ1) is 7.33. The standard InChI is InChI=1S/C9H10O2.2C2H6/c10-7-9(11)6-8-4-2-1-3-5-8;2*1-2/h1-5,7,9,11H,6H2;2*1-2H3. The van der Waals surface area contributed by atoms with Crippen molar-refractivity contribution in [2.45, 2.75) is 40.2 Å². The number of hydrogen-bond acceptors (Lipinski definition) is 2. The number of aliphatic hydroxyl groups excluding tert-OH is 1. The van der Waals surface area contributed by atoms with Crippen LogP contribution in [0.1, 0.15) is 33.3 Å². The quantitative estimate of drug-likeness (QED) is 0.779. The molecule has 86 valence electrons. The fraction of sp³-hybridized carbons (Fsp3) is 0.462. The molecule has 1 rings (SSSR count). The Balaban J connectivity index is 0. The molecule has 0 bridgehead atoms. The lowest BCUT2D eigenvalue weighted by Gasteiger charge is -2.01. The summed E-state index contributed by atoms with van der Waals surface area (Å²) >= 11 is 0. The molecular weight excluding hydrogens is 188 g/mol. The van der Waals surface area contributed by atoms with Gasteiger partial charge in [-0.25, -0.2) is 0 Å². The van der Waals surface area contributed by atoms with Gasteiger partial charge < -0.3 is 9.90 Å². The summed E-state index contributed by atoms with van der Waals surface area (Å²) in [6, 6.07) is 9.43. The lowest BCUT2D eigenvalue weighted by Crippen LogP contribution is -2.10.